The average Bonchev–Trinajstić information content (AvgIpc) is 3.27. The maximum absolute atomic E-state index is 13.4. The van der Waals surface area contributed by atoms with E-state index in [0.29, 0.717) is 23.9 Å². The Balaban J connectivity index is 1.79. The molecule has 0 amide bonds. The molecule has 3 heterocycles. The maximum Gasteiger partial charge on any atom is 0.263 e. The van der Waals surface area contributed by atoms with Gasteiger partial charge >= 0.3 is 0 Å². The zero-order chi connectivity index (χ0) is 19.0. The van der Waals surface area contributed by atoms with E-state index in [1.165, 1.54) is 11.8 Å². The van der Waals surface area contributed by atoms with Crippen molar-refractivity contribution in [3.8, 4) is 0 Å². The van der Waals surface area contributed by atoms with Crippen molar-refractivity contribution in [2.75, 3.05) is 6.61 Å². The predicted octanol–water partition coefficient (Wildman–Crippen LogP) is 4.11. The van der Waals surface area contributed by atoms with Gasteiger partial charge in [0, 0.05) is 17.9 Å². The number of hydrogen-bond donors (Lipinski definition) is 0. The van der Waals surface area contributed by atoms with Crippen molar-refractivity contribution >= 4 is 39.1 Å². The molecule has 2 unspecified atom stereocenters. The largest absolute Gasteiger partial charge is 0.376 e. The summed E-state index contributed by atoms with van der Waals surface area (Å²) in [5, 5.41) is 1.37. The Labute approximate surface area is 167 Å². The van der Waals surface area contributed by atoms with Crippen LogP contribution in [0.15, 0.2) is 9.95 Å². The van der Waals surface area contributed by atoms with Crippen molar-refractivity contribution < 1.29 is 9.53 Å². The molecule has 2 fully saturated rings. The van der Waals surface area contributed by atoms with Gasteiger partial charge in [-0.1, -0.05) is 25.1 Å². The molecular weight excluding hydrogens is 380 g/mol. The van der Waals surface area contributed by atoms with E-state index in [9.17, 15) is 9.59 Å². The minimum Gasteiger partial charge on any atom is -0.376 e. The summed E-state index contributed by atoms with van der Waals surface area (Å²) >= 11 is 3.08. The van der Waals surface area contributed by atoms with Gasteiger partial charge in [-0.25, -0.2) is 4.98 Å². The minimum atomic E-state index is -0.0782. The summed E-state index contributed by atoms with van der Waals surface area (Å²) in [5.74, 6) is 0.292. The van der Waals surface area contributed by atoms with E-state index in [1.807, 2.05) is 0 Å². The van der Waals surface area contributed by atoms with Crippen LogP contribution >= 0.6 is 23.1 Å². The molecule has 146 valence electrons. The second-order valence-corrected chi connectivity index (χ2v) is 9.81. The summed E-state index contributed by atoms with van der Waals surface area (Å²) < 4.78 is 7.58. The fourth-order valence-electron chi connectivity index (χ4n) is 4.10. The maximum atomic E-state index is 13.4. The molecule has 1 saturated heterocycles. The Kier molecular flexibility index (Phi) is 5.71. The fourth-order valence-corrected chi connectivity index (χ4v) is 6.48. The van der Waals surface area contributed by atoms with Crippen LogP contribution in [0.1, 0.15) is 55.9 Å². The van der Waals surface area contributed by atoms with Gasteiger partial charge in [-0.2, -0.15) is 0 Å². The lowest BCUT2D eigenvalue weighted by molar-refractivity contribution is -0.119. The number of Topliss-reactive ketones (excluding diaryl/α,β-unsaturated/α-hetero) is 1. The van der Waals surface area contributed by atoms with Gasteiger partial charge in [0.25, 0.3) is 5.56 Å². The van der Waals surface area contributed by atoms with Crippen molar-refractivity contribution in [2.24, 2.45) is 0 Å². The van der Waals surface area contributed by atoms with E-state index in [4.69, 9.17) is 9.72 Å². The van der Waals surface area contributed by atoms with Crippen LogP contribution in [0, 0.1) is 6.92 Å². The van der Waals surface area contributed by atoms with Gasteiger partial charge in [-0.15, -0.1) is 11.3 Å². The van der Waals surface area contributed by atoms with Crippen molar-refractivity contribution in [1.29, 1.82) is 0 Å². The number of carbonyl (C=O) groups excluding carboxylic acids is 1. The zero-order valence-corrected chi connectivity index (χ0v) is 17.6. The number of fused-ring (bicyclic) bond motifs is 1. The molecule has 0 aromatic carbocycles. The monoisotopic (exact) mass is 406 g/mol. The molecule has 1 saturated carbocycles. The summed E-state index contributed by atoms with van der Waals surface area (Å²) in [4.78, 5) is 32.6. The Hall–Kier alpha value is -1.18. The number of ether oxygens (including phenoxy) is 1. The highest BCUT2D eigenvalue weighted by Gasteiger charge is 2.28. The smallest absolute Gasteiger partial charge is 0.263 e. The topological polar surface area (TPSA) is 61.2 Å². The van der Waals surface area contributed by atoms with E-state index in [1.54, 1.807) is 15.9 Å². The number of aromatic nitrogens is 2. The minimum absolute atomic E-state index is 0.0301. The van der Waals surface area contributed by atoms with Gasteiger partial charge in [0.05, 0.1) is 23.3 Å². The SMILES string of the molecule is CCc1c(C)sc2nc(SC3CCCCC3=O)n(CC3CCCO3)c(=O)c12. The van der Waals surface area contributed by atoms with E-state index in [-0.39, 0.29) is 16.9 Å². The lowest BCUT2D eigenvalue weighted by Crippen LogP contribution is -2.30. The van der Waals surface area contributed by atoms with E-state index in [2.05, 4.69) is 13.8 Å². The van der Waals surface area contributed by atoms with Gasteiger partial charge in [0.1, 0.15) is 10.6 Å². The molecule has 1 aliphatic carbocycles. The first kappa shape index (κ1) is 19.2. The molecule has 7 heteroatoms. The molecule has 0 bridgehead atoms. The third-order valence-electron chi connectivity index (χ3n) is 5.59. The van der Waals surface area contributed by atoms with E-state index >= 15 is 0 Å². The molecule has 1 aliphatic heterocycles. The molecule has 2 aliphatic rings. The van der Waals surface area contributed by atoms with Gasteiger partial charge in [0.2, 0.25) is 0 Å². The fraction of sp³-hybridized carbons (Fsp3) is 0.650. The van der Waals surface area contributed by atoms with Crippen molar-refractivity contribution in [2.45, 2.75) is 81.8 Å². The molecule has 0 radical (unpaired) electrons. The van der Waals surface area contributed by atoms with Crippen molar-refractivity contribution in [1.82, 2.24) is 9.55 Å². The Morgan fingerprint density at radius 2 is 2.11 bits per heavy atom. The van der Waals surface area contributed by atoms with Crippen molar-refractivity contribution in [3.05, 3.63) is 20.8 Å². The molecular formula is C20H26N2O3S2. The van der Waals surface area contributed by atoms with Gasteiger partial charge in [-0.3, -0.25) is 14.2 Å². The lowest BCUT2D eigenvalue weighted by atomic mass is 9.99. The summed E-state index contributed by atoms with van der Waals surface area (Å²) in [7, 11) is 0. The highest BCUT2D eigenvalue weighted by atomic mass is 32.2. The number of thioether (sulfide) groups is 1. The van der Waals surface area contributed by atoms with Crippen LogP contribution < -0.4 is 5.56 Å². The number of ketones is 1. The number of thiophene rings is 1. The second-order valence-electron chi connectivity index (χ2n) is 7.43. The van der Waals surface area contributed by atoms with Crippen LogP contribution in [0.4, 0.5) is 0 Å². The molecule has 2 aromatic rings. The highest BCUT2D eigenvalue weighted by Crippen LogP contribution is 2.34. The van der Waals surface area contributed by atoms with Crippen LogP contribution in [-0.4, -0.2) is 33.3 Å². The standard InChI is InChI=1S/C20H26N2O3S2/c1-3-14-12(2)26-18-17(14)19(24)22(11-13-7-6-10-25-13)20(21-18)27-16-9-5-4-8-15(16)23/h13,16H,3-11H2,1-2H3. The van der Waals surface area contributed by atoms with Crippen LogP contribution in [0.3, 0.4) is 0 Å². The number of aryl methyl sites for hydroxylation is 2. The van der Waals surface area contributed by atoms with Crippen molar-refractivity contribution in [3.63, 3.8) is 0 Å². The van der Waals surface area contributed by atoms with E-state index < -0.39 is 0 Å². The highest BCUT2D eigenvalue weighted by molar-refractivity contribution is 8.00. The number of hydrogen-bond acceptors (Lipinski definition) is 6. The number of rotatable bonds is 5. The molecule has 0 N–H and O–H groups in total. The quantitative estimate of drug-likeness (QED) is 0.699. The number of carbonyl (C=O) groups is 1. The number of nitrogens with zero attached hydrogens (tertiary/aromatic N) is 2. The summed E-state index contributed by atoms with van der Waals surface area (Å²) in [6.07, 6.45) is 6.48. The molecule has 0 spiro atoms. The molecule has 2 aromatic heterocycles. The van der Waals surface area contributed by atoms with Gasteiger partial charge in [-0.05, 0) is 44.6 Å². The third kappa shape index (κ3) is 3.74. The molecule has 4 rings (SSSR count). The normalized spacial score (nSPS) is 23.4. The first-order chi connectivity index (χ1) is 13.1. The first-order valence-electron chi connectivity index (χ1n) is 9.92. The Morgan fingerprint density at radius 1 is 1.26 bits per heavy atom. The summed E-state index contributed by atoms with van der Waals surface area (Å²) in [6.45, 7) is 5.44. The zero-order valence-electron chi connectivity index (χ0n) is 16.0. The van der Waals surface area contributed by atoms with Crippen LogP contribution in [0.2, 0.25) is 0 Å². The third-order valence-corrected chi connectivity index (χ3v) is 7.93. The molecule has 27 heavy (non-hydrogen) atoms. The Morgan fingerprint density at radius 3 is 2.81 bits per heavy atom. The second kappa shape index (κ2) is 8.05. The summed E-state index contributed by atoms with van der Waals surface area (Å²) in [6, 6.07) is 0. The van der Waals surface area contributed by atoms with Gasteiger partial charge < -0.3 is 4.74 Å². The first-order valence-corrected chi connectivity index (χ1v) is 11.6. The average molecular weight is 407 g/mol. The predicted molar refractivity (Wildman–Crippen MR) is 110 cm³/mol. The van der Waals surface area contributed by atoms with Crippen LogP contribution in [0.25, 0.3) is 10.2 Å². The van der Waals surface area contributed by atoms with E-state index in [0.717, 1.165) is 65.8 Å². The molecule has 2 atom stereocenters. The lowest BCUT2D eigenvalue weighted by Gasteiger charge is -2.22. The Bertz CT molecular complexity index is 912. The van der Waals surface area contributed by atoms with Crippen LogP contribution in [0.5, 0.6) is 0 Å². The van der Waals surface area contributed by atoms with Crippen LogP contribution in [-0.2, 0) is 22.5 Å². The van der Waals surface area contributed by atoms with Gasteiger partial charge in [0.15, 0.2) is 5.16 Å². The summed E-state index contributed by atoms with van der Waals surface area (Å²) in [5.41, 5.74) is 1.14. The molecule has 5 nitrogen and oxygen atoms in total.